The van der Waals surface area contributed by atoms with Crippen LogP contribution in [0.5, 0.6) is 11.5 Å². The fourth-order valence-corrected chi connectivity index (χ4v) is 9.38. The van der Waals surface area contributed by atoms with E-state index >= 15 is 0 Å². The van der Waals surface area contributed by atoms with Gasteiger partial charge in [-0.05, 0) is 76.0 Å². The molecule has 7 aliphatic rings. The maximum Gasteiger partial charge on any atom is 0.309 e. The number of fused-ring (bicyclic) bond motifs is 2. The van der Waals surface area contributed by atoms with Gasteiger partial charge in [0, 0.05) is 36.1 Å². The Bertz CT molecular complexity index is 1100. The highest BCUT2D eigenvalue weighted by Crippen LogP contribution is 2.77. The minimum atomic E-state index is -0.747. The predicted octanol–water partition coefficient (Wildman–Crippen LogP) is 4.26. The summed E-state index contributed by atoms with van der Waals surface area (Å²) in [7, 11) is 3.53. The van der Waals surface area contributed by atoms with E-state index in [2.05, 4.69) is 24.0 Å². The number of carbonyl (C=O) groups excluding carboxylic acids is 1. The number of hydrogen-bond donors (Lipinski definition) is 0. The molecular formula is C29H39NO5. The molecule has 6 heteroatoms. The Morgan fingerprint density at radius 1 is 1.20 bits per heavy atom. The van der Waals surface area contributed by atoms with Gasteiger partial charge in [0.2, 0.25) is 0 Å². The zero-order chi connectivity index (χ0) is 24.4. The van der Waals surface area contributed by atoms with Gasteiger partial charge in [-0.3, -0.25) is 9.69 Å². The van der Waals surface area contributed by atoms with Gasteiger partial charge in [0.05, 0.1) is 13.0 Å². The standard InChI is InChI=1S/C29H39NO5/c1-17(2)24(31)35-26(3)16-27-10-11-29(26,33-5)25-28(27)12-13-30(15-18-6-7-18)21(27)14-19-8-9-20(32-4)23(34-25)22(19)28/h8-9,17-18,21,25H,6-7,10-16H2,1-5H3/t21-,25-,26+,27-,28+,29+/m1/s1. The molecule has 35 heavy (non-hydrogen) atoms. The monoisotopic (exact) mass is 481 g/mol. The molecule has 0 radical (unpaired) electrons. The van der Waals surface area contributed by atoms with Crippen molar-refractivity contribution >= 4 is 5.97 Å². The molecule has 1 saturated heterocycles. The van der Waals surface area contributed by atoms with Crippen LogP contribution in [0.25, 0.3) is 0 Å². The molecule has 4 bridgehead atoms. The van der Waals surface area contributed by atoms with E-state index in [1.54, 1.807) is 14.2 Å². The Morgan fingerprint density at radius 2 is 2.00 bits per heavy atom. The van der Waals surface area contributed by atoms with Crippen molar-refractivity contribution in [3.05, 3.63) is 23.3 Å². The number of ether oxygens (including phenoxy) is 4. The fourth-order valence-electron chi connectivity index (χ4n) is 9.38. The van der Waals surface area contributed by atoms with Gasteiger partial charge in [-0.1, -0.05) is 19.9 Å². The maximum atomic E-state index is 13.1. The van der Waals surface area contributed by atoms with E-state index in [1.807, 2.05) is 13.8 Å². The first-order valence-corrected chi connectivity index (χ1v) is 13.6. The molecule has 0 aromatic heterocycles. The van der Waals surface area contributed by atoms with Crippen LogP contribution in [-0.2, 0) is 26.1 Å². The van der Waals surface area contributed by atoms with Gasteiger partial charge in [-0.25, -0.2) is 0 Å². The Morgan fingerprint density at radius 3 is 2.69 bits per heavy atom. The molecule has 5 aliphatic carbocycles. The highest BCUT2D eigenvalue weighted by Gasteiger charge is 2.84. The molecule has 0 amide bonds. The van der Waals surface area contributed by atoms with Crippen molar-refractivity contribution in [2.24, 2.45) is 17.3 Å². The smallest absolute Gasteiger partial charge is 0.309 e. The number of rotatable bonds is 6. The van der Waals surface area contributed by atoms with Gasteiger partial charge >= 0.3 is 5.97 Å². The second-order valence-electron chi connectivity index (χ2n) is 12.7. The average molecular weight is 482 g/mol. The Kier molecular flexibility index (Phi) is 4.45. The van der Waals surface area contributed by atoms with Crippen molar-refractivity contribution in [3.8, 4) is 11.5 Å². The van der Waals surface area contributed by atoms with E-state index in [1.165, 1.54) is 30.5 Å². The maximum absolute atomic E-state index is 13.1. The van der Waals surface area contributed by atoms with Crippen molar-refractivity contribution in [2.45, 2.75) is 94.5 Å². The van der Waals surface area contributed by atoms with Crippen molar-refractivity contribution < 1.29 is 23.7 Å². The number of methoxy groups -OCH3 is 2. The first-order chi connectivity index (χ1) is 16.7. The van der Waals surface area contributed by atoms with Gasteiger partial charge in [-0.15, -0.1) is 0 Å². The van der Waals surface area contributed by atoms with Crippen LogP contribution in [0.4, 0.5) is 0 Å². The van der Waals surface area contributed by atoms with Gasteiger partial charge in [0.1, 0.15) is 17.3 Å². The van der Waals surface area contributed by atoms with Crippen LogP contribution in [0.15, 0.2) is 12.1 Å². The number of carbonyl (C=O) groups is 1. The molecule has 2 spiro atoms. The molecule has 1 aromatic carbocycles. The van der Waals surface area contributed by atoms with Crippen LogP contribution in [-0.4, -0.2) is 61.5 Å². The van der Waals surface area contributed by atoms with E-state index in [0.717, 1.165) is 56.1 Å². The molecule has 0 unspecified atom stereocenters. The topological polar surface area (TPSA) is 57.2 Å². The molecule has 2 heterocycles. The lowest BCUT2D eigenvalue weighted by molar-refractivity contribution is -0.327. The normalized spacial score (nSPS) is 42.6. The van der Waals surface area contributed by atoms with E-state index in [4.69, 9.17) is 18.9 Å². The Hall–Kier alpha value is -1.79. The van der Waals surface area contributed by atoms with Crippen molar-refractivity contribution in [3.63, 3.8) is 0 Å². The summed E-state index contributed by atoms with van der Waals surface area (Å²) in [5, 5.41) is 0. The first-order valence-electron chi connectivity index (χ1n) is 13.6. The van der Waals surface area contributed by atoms with E-state index in [9.17, 15) is 4.79 Å². The van der Waals surface area contributed by atoms with Crippen LogP contribution in [0, 0.1) is 17.3 Å². The number of piperidine rings is 1. The SMILES string of the molecule is COc1ccc2c3c1O[C@H]1[C@@]4(OC)CC[C@@]5(C[C@]4(C)OC(=O)C(C)C)[C@@H](C2)N(CC2CC2)CC[C@]315. The molecule has 6 atom stereocenters. The molecule has 4 saturated carbocycles. The van der Waals surface area contributed by atoms with E-state index in [0.29, 0.717) is 6.04 Å². The minimum Gasteiger partial charge on any atom is -0.493 e. The predicted molar refractivity (Wildman–Crippen MR) is 131 cm³/mol. The highest BCUT2D eigenvalue weighted by molar-refractivity contribution is 5.73. The molecule has 6 nitrogen and oxygen atoms in total. The number of nitrogens with zero attached hydrogens (tertiary/aromatic N) is 1. The summed E-state index contributed by atoms with van der Waals surface area (Å²) in [6.07, 6.45) is 7.38. The summed E-state index contributed by atoms with van der Waals surface area (Å²) in [5.41, 5.74) is 1.21. The average Bonchev–Trinajstić information content (AvgIpc) is 3.57. The molecule has 2 aliphatic heterocycles. The van der Waals surface area contributed by atoms with Crippen LogP contribution in [0.1, 0.15) is 70.4 Å². The summed E-state index contributed by atoms with van der Waals surface area (Å²) in [6.45, 7) is 8.26. The minimum absolute atomic E-state index is 0.0122. The summed E-state index contributed by atoms with van der Waals surface area (Å²) in [6, 6.07) is 4.80. The largest absolute Gasteiger partial charge is 0.493 e. The number of benzene rings is 1. The lowest BCUT2D eigenvalue weighted by atomic mass is 9.34. The summed E-state index contributed by atoms with van der Waals surface area (Å²) >= 11 is 0. The van der Waals surface area contributed by atoms with Crippen LogP contribution in [0.3, 0.4) is 0 Å². The molecule has 0 N–H and O–H groups in total. The van der Waals surface area contributed by atoms with E-state index < -0.39 is 11.2 Å². The molecule has 190 valence electrons. The third kappa shape index (κ3) is 2.46. The molecule has 1 aromatic rings. The summed E-state index contributed by atoms with van der Waals surface area (Å²) < 4.78 is 25.9. The molecule has 8 rings (SSSR count). The molecular weight excluding hydrogens is 442 g/mol. The van der Waals surface area contributed by atoms with Crippen LogP contribution >= 0.6 is 0 Å². The first kappa shape index (κ1) is 22.4. The quantitative estimate of drug-likeness (QED) is 0.566. The van der Waals surface area contributed by atoms with Crippen molar-refractivity contribution in [1.82, 2.24) is 4.90 Å². The second-order valence-corrected chi connectivity index (χ2v) is 12.7. The van der Waals surface area contributed by atoms with Gasteiger partial charge < -0.3 is 18.9 Å². The van der Waals surface area contributed by atoms with Gasteiger partial charge in [0.25, 0.3) is 0 Å². The molecule has 5 fully saturated rings. The fraction of sp³-hybridized carbons (Fsp3) is 0.759. The lowest BCUT2D eigenvalue weighted by Crippen LogP contribution is -2.85. The van der Waals surface area contributed by atoms with Crippen molar-refractivity contribution in [1.29, 1.82) is 0 Å². The van der Waals surface area contributed by atoms with E-state index in [-0.39, 0.29) is 28.8 Å². The Balaban J connectivity index is 1.45. The number of likely N-dealkylation sites (tertiary alicyclic amines) is 1. The van der Waals surface area contributed by atoms with Crippen LogP contribution in [0.2, 0.25) is 0 Å². The summed E-state index contributed by atoms with van der Waals surface area (Å²) in [4.78, 5) is 15.9. The summed E-state index contributed by atoms with van der Waals surface area (Å²) in [5.74, 6) is 2.24. The highest BCUT2D eigenvalue weighted by atomic mass is 16.6. The second kappa shape index (κ2) is 6.95. The van der Waals surface area contributed by atoms with Crippen molar-refractivity contribution in [2.75, 3.05) is 27.3 Å². The number of hydrogen-bond acceptors (Lipinski definition) is 6. The van der Waals surface area contributed by atoms with Gasteiger partial charge in [-0.2, -0.15) is 0 Å². The third-order valence-corrected chi connectivity index (χ3v) is 11.0. The lowest BCUT2D eigenvalue weighted by Gasteiger charge is -2.75. The zero-order valence-electron chi connectivity index (χ0n) is 21.8. The van der Waals surface area contributed by atoms with Crippen LogP contribution < -0.4 is 9.47 Å². The Labute approximate surface area is 208 Å². The third-order valence-electron chi connectivity index (χ3n) is 11.0. The zero-order valence-corrected chi connectivity index (χ0v) is 21.8. The van der Waals surface area contributed by atoms with Gasteiger partial charge in [0.15, 0.2) is 11.5 Å². The number of esters is 1.